The highest BCUT2D eigenvalue weighted by Crippen LogP contribution is 2.66. The molecule has 3 unspecified atom stereocenters. The van der Waals surface area contributed by atoms with Crippen LogP contribution in [0.5, 0.6) is 0 Å². The summed E-state index contributed by atoms with van der Waals surface area (Å²) in [6, 6.07) is 69.0. The number of rotatable bonds is 3. The normalized spacial score (nSPS) is 18.1. The first-order chi connectivity index (χ1) is 31.2. The van der Waals surface area contributed by atoms with E-state index in [9.17, 15) is 0 Å². The van der Waals surface area contributed by atoms with Gasteiger partial charge in [0.05, 0.1) is 5.41 Å². The minimum absolute atomic E-state index is 0.171. The third-order valence-electron chi connectivity index (χ3n) is 14.3. The number of nitrogens with zero attached hydrogens (tertiary/aromatic N) is 3. The van der Waals surface area contributed by atoms with Crippen LogP contribution < -0.4 is 0 Å². The van der Waals surface area contributed by atoms with Gasteiger partial charge in [0.15, 0.2) is 17.5 Å². The molecule has 0 amide bonds. The van der Waals surface area contributed by atoms with E-state index in [2.05, 4.69) is 212 Å². The zero-order valence-corrected chi connectivity index (χ0v) is 34.2. The number of hydrogen-bond acceptors (Lipinski definition) is 3. The summed E-state index contributed by atoms with van der Waals surface area (Å²) in [6.07, 6.45) is 9.43. The lowest BCUT2D eigenvalue weighted by Gasteiger charge is -2.36. The van der Waals surface area contributed by atoms with Gasteiger partial charge in [-0.3, -0.25) is 0 Å². The molecular weight excluding hydrogens is 763 g/mol. The molecule has 0 fully saturated rings. The van der Waals surface area contributed by atoms with Crippen LogP contribution in [0.4, 0.5) is 0 Å². The van der Waals surface area contributed by atoms with Crippen LogP contribution in [-0.2, 0) is 5.41 Å². The Morgan fingerprint density at radius 3 is 1.44 bits per heavy atom. The lowest BCUT2D eigenvalue weighted by Crippen LogP contribution is -2.33. The predicted molar refractivity (Wildman–Crippen MR) is 260 cm³/mol. The quantitative estimate of drug-likeness (QED) is 0.167. The lowest BCUT2D eigenvalue weighted by atomic mass is 9.65. The molecule has 3 nitrogen and oxygen atoms in total. The first kappa shape index (κ1) is 34.7. The molecule has 1 aromatic heterocycles. The van der Waals surface area contributed by atoms with Crippen LogP contribution in [0.25, 0.3) is 99.2 Å². The van der Waals surface area contributed by atoms with Gasteiger partial charge in [-0.2, -0.15) is 0 Å². The number of hydrogen-bond donors (Lipinski definition) is 0. The summed E-state index contributed by atoms with van der Waals surface area (Å²) in [5.74, 6) is 2.35. The maximum Gasteiger partial charge on any atom is 0.164 e. The van der Waals surface area contributed by atoms with Crippen molar-refractivity contribution in [1.29, 1.82) is 0 Å². The third kappa shape index (κ3) is 4.88. The fourth-order valence-corrected chi connectivity index (χ4v) is 11.6. The van der Waals surface area contributed by atoms with Gasteiger partial charge >= 0.3 is 0 Å². The molecule has 11 aromatic rings. The molecule has 292 valence electrons. The average Bonchev–Trinajstić information content (AvgIpc) is 3.82. The molecule has 14 rings (SSSR count). The second kappa shape index (κ2) is 13.0. The van der Waals surface area contributed by atoms with Gasteiger partial charge in [0.1, 0.15) is 0 Å². The molecule has 0 bridgehead atoms. The topological polar surface area (TPSA) is 38.7 Å². The first-order valence-corrected chi connectivity index (χ1v) is 21.9. The average molecular weight is 800 g/mol. The molecule has 3 aliphatic carbocycles. The largest absolute Gasteiger partial charge is 0.208 e. The van der Waals surface area contributed by atoms with Gasteiger partial charge in [0.25, 0.3) is 0 Å². The van der Waals surface area contributed by atoms with Crippen LogP contribution in [0.1, 0.15) is 28.2 Å². The maximum absolute atomic E-state index is 5.34. The fraction of sp³-hybridized carbons (Fsp3) is 0.0500. The number of aromatic nitrogens is 3. The Bertz CT molecular complexity index is 3740. The van der Waals surface area contributed by atoms with Crippen molar-refractivity contribution in [2.24, 2.45) is 5.92 Å². The highest BCUT2D eigenvalue weighted by Gasteiger charge is 2.57. The van der Waals surface area contributed by atoms with Gasteiger partial charge in [0, 0.05) is 28.5 Å². The molecule has 3 atom stereocenters. The molecule has 3 heteroatoms. The van der Waals surface area contributed by atoms with Crippen LogP contribution in [-0.4, -0.2) is 15.0 Å². The Hall–Kier alpha value is -8.01. The summed E-state index contributed by atoms with van der Waals surface area (Å²) >= 11 is 0. The van der Waals surface area contributed by atoms with E-state index in [4.69, 9.17) is 15.0 Å². The molecule has 1 heterocycles. The van der Waals surface area contributed by atoms with Crippen molar-refractivity contribution in [2.75, 3.05) is 0 Å². The molecular formula is C60H37N3. The summed E-state index contributed by atoms with van der Waals surface area (Å²) in [6.45, 7) is 0. The van der Waals surface area contributed by atoms with Crippen LogP contribution in [0.2, 0.25) is 0 Å². The predicted octanol–water partition coefficient (Wildman–Crippen LogP) is 14.8. The van der Waals surface area contributed by atoms with Gasteiger partial charge < -0.3 is 0 Å². The summed E-state index contributed by atoms with van der Waals surface area (Å²) in [4.78, 5) is 15.9. The Labute approximate surface area is 364 Å². The molecule has 0 saturated heterocycles. The molecule has 0 radical (unpaired) electrons. The third-order valence-corrected chi connectivity index (χ3v) is 14.3. The minimum atomic E-state index is -0.445. The van der Waals surface area contributed by atoms with Crippen molar-refractivity contribution in [2.45, 2.75) is 11.3 Å². The van der Waals surface area contributed by atoms with Gasteiger partial charge in [-0.25, -0.2) is 15.0 Å². The van der Waals surface area contributed by atoms with Crippen molar-refractivity contribution in [3.63, 3.8) is 0 Å². The van der Waals surface area contributed by atoms with Crippen molar-refractivity contribution in [1.82, 2.24) is 15.0 Å². The number of allylic oxidation sites excluding steroid dienone is 4. The van der Waals surface area contributed by atoms with Crippen molar-refractivity contribution in [3.8, 4) is 45.3 Å². The summed E-state index contributed by atoms with van der Waals surface area (Å²) in [5.41, 5.74) is 10.5. The monoisotopic (exact) mass is 799 g/mol. The minimum Gasteiger partial charge on any atom is -0.208 e. The van der Waals surface area contributed by atoms with Crippen molar-refractivity contribution < 1.29 is 0 Å². The zero-order valence-electron chi connectivity index (χ0n) is 34.2. The van der Waals surface area contributed by atoms with E-state index in [-0.39, 0.29) is 11.8 Å². The van der Waals surface area contributed by atoms with E-state index >= 15 is 0 Å². The van der Waals surface area contributed by atoms with Crippen molar-refractivity contribution in [3.05, 3.63) is 235 Å². The van der Waals surface area contributed by atoms with Gasteiger partial charge in [-0.15, -0.1) is 0 Å². The highest BCUT2D eigenvalue weighted by atomic mass is 15.0. The molecule has 0 N–H and O–H groups in total. The molecule has 10 aromatic carbocycles. The smallest absolute Gasteiger partial charge is 0.164 e. The molecule has 1 spiro atoms. The Balaban J connectivity index is 1.04. The molecule has 0 aliphatic heterocycles. The molecule has 3 aliphatic rings. The Morgan fingerprint density at radius 2 is 0.810 bits per heavy atom. The summed E-state index contributed by atoms with van der Waals surface area (Å²) in [7, 11) is 0. The summed E-state index contributed by atoms with van der Waals surface area (Å²) < 4.78 is 0. The summed E-state index contributed by atoms with van der Waals surface area (Å²) in [5, 5.41) is 12.5. The molecule has 0 saturated carbocycles. The number of benzene rings is 10. The van der Waals surface area contributed by atoms with Gasteiger partial charge in [0.2, 0.25) is 0 Å². The van der Waals surface area contributed by atoms with E-state index in [1.54, 1.807) is 0 Å². The standard InChI is InChI=1S/C60H37N3/c1-3-15-38-31-40(27-25-36(38)13-1)57-61-58(41-28-26-37-14-2-4-16-39(37)32-41)63-59(62-57)42-29-30-49-47-21-9-11-23-53(47)60(55(49)33-42)54-24-12-10-22-48(54)52-34-50-45-19-7-5-17-43(45)44-18-6-8-20-46(44)51(50)35-56(52)60/h1-35,48,54H. The SMILES string of the molecule is C1=CC2c3cc4c5ccccc5c5ccccc5c4cc3C3(c4ccccc4-c4ccc(-c5nc(-c6ccc7ccccc7c6)nc(-c6ccc7ccccc7c6)n5)cc43)C2C=C1. The van der Waals surface area contributed by atoms with Gasteiger partial charge in [-0.1, -0.05) is 182 Å². The van der Waals surface area contributed by atoms with Gasteiger partial charge in [-0.05, 0) is 118 Å². The van der Waals surface area contributed by atoms with Crippen molar-refractivity contribution >= 4 is 53.9 Å². The number of fused-ring (bicyclic) bond motifs is 18. The van der Waals surface area contributed by atoms with E-state index < -0.39 is 5.41 Å². The van der Waals surface area contributed by atoms with Crippen LogP contribution >= 0.6 is 0 Å². The maximum atomic E-state index is 5.34. The van der Waals surface area contributed by atoms with Crippen LogP contribution in [0.15, 0.2) is 212 Å². The van der Waals surface area contributed by atoms with Crippen LogP contribution in [0, 0.1) is 5.92 Å². The second-order valence-corrected chi connectivity index (χ2v) is 17.4. The fourth-order valence-electron chi connectivity index (χ4n) is 11.6. The highest BCUT2D eigenvalue weighted by molar-refractivity contribution is 6.25. The molecule has 63 heavy (non-hydrogen) atoms. The van der Waals surface area contributed by atoms with E-state index in [1.807, 2.05) is 0 Å². The Kier molecular flexibility index (Phi) is 7.16. The van der Waals surface area contributed by atoms with E-state index in [0.717, 1.165) is 27.5 Å². The van der Waals surface area contributed by atoms with E-state index in [1.165, 1.54) is 76.5 Å². The second-order valence-electron chi connectivity index (χ2n) is 17.4. The zero-order chi connectivity index (χ0) is 41.2. The van der Waals surface area contributed by atoms with Crippen LogP contribution in [0.3, 0.4) is 0 Å². The lowest BCUT2D eigenvalue weighted by molar-refractivity contribution is 0.466. The first-order valence-electron chi connectivity index (χ1n) is 21.9. The Morgan fingerprint density at radius 1 is 0.333 bits per heavy atom. The van der Waals surface area contributed by atoms with E-state index in [0.29, 0.717) is 17.5 Å².